The highest BCUT2D eigenvalue weighted by Gasteiger charge is 2.14. The molecule has 22 heavy (non-hydrogen) atoms. The predicted molar refractivity (Wildman–Crippen MR) is 86.4 cm³/mol. The quantitative estimate of drug-likeness (QED) is 0.616. The van der Waals surface area contributed by atoms with E-state index in [1.165, 1.54) is 0 Å². The Balaban J connectivity index is 2.10. The molecule has 5 nitrogen and oxygen atoms in total. The van der Waals surface area contributed by atoms with Crippen molar-refractivity contribution in [2.45, 2.75) is 13.5 Å². The number of nitrogens with two attached hydrogens (primary N) is 1. The van der Waals surface area contributed by atoms with E-state index in [9.17, 15) is 0 Å². The van der Waals surface area contributed by atoms with Gasteiger partial charge in [0.25, 0.3) is 0 Å². The fourth-order valence-corrected chi connectivity index (χ4v) is 2.75. The summed E-state index contributed by atoms with van der Waals surface area (Å²) >= 11 is 0. The Morgan fingerprint density at radius 3 is 2.77 bits per heavy atom. The van der Waals surface area contributed by atoms with Crippen molar-refractivity contribution in [2.75, 3.05) is 0 Å². The van der Waals surface area contributed by atoms with Crippen molar-refractivity contribution < 1.29 is 0 Å². The average molecular weight is 289 g/mol. The summed E-state index contributed by atoms with van der Waals surface area (Å²) in [6.07, 6.45) is 0. The Kier molecular flexibility index (Phi) is 2.87. The van der Waals surface area contributed by atoms with E-state index in [0.717, 1.165) is 39.3 Å². The lowest BCUT2D eigenvalue weighted by Crippen LogP contribution is -1.99. The van der Waals surface area contributed by atoms with Crippen LogP contribution < -0.4 is 5.73 Å². The Morgan fingerprint density at radius 2 is 1.91 bits per heavy atom. The smallest absolute Gasteiger partial charge is 0.183 e. The van der Waals surface area contributed by atoms with Gasteiger partial charge in [0.2, 0.25) is 0 Å². The van der Waals surface area contributed by atoms with Gasteiger partial charge < -0.3 is 5.73 Å². The van der Waals surface area contributed by atoms with Gasteiger partial charge in [-0.25, -0.2) is 4.98 Å². The van der Waals surface area contributed by atoms with Crippen LogP contribution in [0, 0.1) is 6.92 Å². The first-order chi connectivity index (χ1) is 10.8. The Labute approximate surface area is 127 Å². The van der Waals surface area contributed by atoms with E-state index >= 15 is 0 Å². The van der Waals surface area contributed by atoms with Gasteiger partial charge in [-0.15, -0.1) is 10.2 Å². The number of hydrogen-bond acceptors (Lipinski definition) is 4. The number of nitrogens with zero attached hydrogens (tertiary/aromatic N) is 4. The van der Waals surface area contributed by atoms with Crippen LogP contribution in [0.15, 0.2) is 48.5 Å². The zero-order valence-electron chi connectivity index (χ0n) is 12.2. The molecule has 0 radical (unpaired) electrons. The summed E-state index contributed by atoms with van der Waals surface area (Å²) in [5.74, 6) is 0.812. The van der Waals surface area contributed by atoms with Crippen LogP contribution in [-0.2, 0) is 6.54 Å². The van der Waals surface area contributed by atoms with Crippen LogP contribution >= 0.6 is 0 Å². The van der Waals surface area contributed by atoms with Gasteiger partial charge in [-0.2, -0.15) is 0 Å². The molecule has 2 aromatic heterocycles. The maximum Gasteiger partial charge on any atom is 0.183 e. The lowest BCUT2D eigenvalue weighted by atomic mass is 10.1. The Bertz CT molecular complexity index is 987. The summed E-state index contributed by atoms with van der Waals surface area (Å²) in [5, 5.41) is 8.70. The summed E-state index contributed by atoms with van der Waals surface area (Å²) in [7, 11) is 0. The number of fused-ring (bicyclic) bond motifs is 3. The number of hydrogen-bond donors (Lipinski definition) is 1. The van der Waals surface area contributed by atoms with Crippen molar-refractivity contribution in [1.29, 1.82) is 0 Å². The van der Waals surface area contributed by atoms with Crippen LogP contribution in [0.5, 0.6) is 0 Å². The van der Waals surface area contributed by atoms with E-state index in [0.29, 0.717) is 6.54 Å². The molecule has 0 fully saturated rings. The van der Waals surface area contributed by atoms with Crippen molar-refractivity contribution in [2.24, 2.45) is 5.73 Å². The summed E-state index contributed by atoms with van der Waals surface area (Å²) in [5.41, 5.74) is 11.4. The van der Waals surface area contributed by atoms with Crippen LogP contribution in [-0.4, -0.2) is 19.6 Å². The van der Waals surface area contributed by atoms with Crippen LogP contribution in [0.1, 0.15) is 11.3 Å². The minimum absolute atomic E-state index is 0.506. The normalized spacial score (nSPS) is 11.4. The highest BCUT2D eigenvalue weighted by molar-refractivity contribution is 5.81. The summed E-state index contributed by atoms with van der Waals surface area (Å²) in [6, 6.07) is 16.1. The minimum atomic E-state index is 0.506. The third-order valence-corrected chi connectivity index (χ3v) is 3.82. The number of aromatic nitrogens is 4. The zero-order chi connectivity index (χ0) is 15.1. The molecule has 4 rings (SSSR count). The summed E-state index contributed by atoms with van der Waals surface area (Å²) in [6.45, 7) is 2.46. The molecule has 0 spiro atoms. The van der Waals surface area contributed by atoms with E-state index < -0.39 is 0 Å². The van der Waals surface area contributed by atoms with Crippen LogP contribution in [0.2, 0.25) is 0 Å². The monoisotopic (exact) mass is 289 g/mol. The number of rotatable bonds is 2. The van der Waals surface area contributed by atoms with Gasteiger partial charge in [-0.3, -0.25) is 4.40 Å². The highest BCUT2D eigenvalue weighted by Crippen LogP contribution is 2.24. The molecule has 0 atom stereocenters. The van der Waals surface area contributed by atoms with E-state index in [1.54, 1.807) is 0 Å². The molecule has 2 aromatic carbocycles. The fourth-order valence-electron chi connectivity index (χ4n) is 2.75. The predicted octanol–water partition coefficient (Wildman–Crippen LogP) is 2.71. The first kappa shape index (κ1) is 12.9. The number of benzene rings is 2. The van der Waals surface area contributed by atoms with E-state index in [4.69, 9.17) is 5.73 Å². The van der Waals surface area contributed by atoms with Gasteiger partial charge in [0, 0.05) is 12.1 Å². The fraction of sp³-hybridized carbons (Fsp3) is 0.118. The second kappa shape index (κ2) is 4.89. The third-order valence-electron chi connectivity index (χ3n) is 3.82. The molecule has 2 N–H and O–H groups in total. The Morgan fingerprint density at radius 1 is 1.05 bits per heavy atom. The second-order valence-electron chi connectivity index (χ2n) is 5.27. The highest BCUT2D eigenvalue weighted by atomic mass is 15.3. The molecule has 0 bridgehead atoms. The molecule has 5 heteroatoms. The van der Waals surface area contributed by atoms with Gasteiger partial charge in [0.05, 0.1) is 16.7 Å². The van der Waals surface area contributed by atoms with Crippen LogP contribution in [0.3, 0.4) is 0 Å². The molecular weight excluding hydrogens is 274 g/mol. The van der Waals surface area contributed by atoms with Crippen molar-refractivity contribution in [3.8, 4) is 11.4 Å². The van der Waals surface area contributed by atoms with Gasteiger partial charge in [0.15, 0.2) is 11.5 Å². The molecule has 0 saturated carbocycles. The molecule has 0 aliphatic heterocycles. The van der Waals surface area contributed by atoms with Crippen molar-refractivity contribution in [1.82, 2.24) is 19.6 Å². The van der Waals surface area contributed by atoms with Gasteiger partial charge in [-0.1, -0.05) is 30.3 Å². The molecule has 0 aliphatic rings. The van der Waals surface area contributed by atoms with E-state index in [1.807, 2.05) is 49.4 Å². The SMILES string of the molecule is Cc1nc2ccccc2n2c(-c3cccc(CN)c3)nnc12. The third kappa shape index (κ3) is 1.87. The minimum Gasteiger partial charge on any atom is -0.326 e. The molecule has 0 aliphatic carbocycles. The first-order valence-corrected chi connectivity index (χ1v) is 7.18. The Hall–Kier alpha value is -2.79. The van der Waals surface area contributed by atoms with Gasteiger partial charge in [0.1, 0.15) is 0 Å². The van der Waals surface area contributed by atoms with E-state index in [-0.39, 0.29) is 0 Å². The second-order valence-corrected chi connectivity index (χ2v) is 5.27. The molecule has 4 aromatic rings. The largest absolute Gasteiger partial charge is 0.326 e. The molecule has 2 heterocycles. The average Bonchev–Trinajstić information content (AvgIpc) is 3.01. The maximum atomic E-state index is 5.75. The van der Waals surface area contributed by atoms with Gasteiger partial charge >= 0.3 is 0 Å². The van der Waals surface area contributed by atoms with Crippen LogP contribution in [0.4, 0.5) is 0 Å². The summed E-state index contributed by atoms with van der Waals surface area (Å²) in [4.78, 5) is 4.60. The van der Waals surface area contributed by atoms with Gasteiger partial charge in [-0.05, 0) is 30.7 Å². The lowest BCUT2D eigenvalue weighted by Gasteiger charge is -2.07. The maximum absolute atomic E-state index is 5.75. The van der Waals surface area contributed by atoms with Crippen molar-refractivity contribution in [3.05, 3.63) is 59.8 Å². The van der Waals surface area contributed by atoms with E-state index in [2.05, 4.69) is 25.6 Å². The number of para-hydroxylation sites is 2. The van der Waals surface area contributed by atoms with Crippen LogP contribution in [0.25, 0.3) is 28.1 Å². The summed E-state index contributed by atoms with van der Waals surface area (Å²) < 4.78 is 2.06. The molecule has 0 amide bonds. The number of aryl methyl sites for hydroxylation is 1. The molecule has 0 unspecified atom stereocenters. The standard InChI is InChI=1S/C17H15N5/c1-11-16-20-21-17(13-6-4-5-12(9-13)10-18)22(16)15-8-3-2-7-14(15)19-11/h2-9H,10,18H2,1H3. The molecular formula is C17H15N5. The van der Waals surface area contributed by atoms with Crippen molar-refractivity contribution >= 4 is 16.7 Å². The molecule has 0 saturated heterocycles. The molecule has 108 valence electrons. The zero-order valence-corrected chi connectivity index (χ0v) is 12.2. The first-order valence-electron chi connectivity index (χ1n) is 7.18. The topological polar surface area (TPSA) is 69.1 Å². The van der Waals surface area contributed by atoms with Crippen molar-refractivity contribution in [3.63, 3.8) is 0 Å². The lowest BCUT2D eigenvalue weighted by molar-refractivity contribution is 1.07.